The minimum Gasteiger partial charge on any atom is -0.497 e. The molecule has 1 saturated heterocycles. The van der Waals surface area contributed by atoms with E-state index in [1.54, 1.807) is 48.0 Å². The number of hydrogen-bond donors (Lipinski definition) is 0. The van der Waals surface area contributed by atoms with Crippen LogP contribution in [0.15, 0.2) is 72.8 Å². The molecule has 2 amide bonds. The number of benzene rings is 3. The van der Waals surface area contributed by atoms with Crippen molar-refractivity contribution in [1.82, 2.24) is 4.90 Å². The highest BCUT2D eigenvalue weighted by atomic mass is 32.2. The van der Waals surface area contributed by atoms with Crippen LogP contribution in [0.4, 0.5) is 5.69 Å². The molecule has 0 unspecified atom stereocenters. The van der Waals surface area contributed by atoms with Crippen molar-refractivity contribution < 1.29 is 14.3 Å². The molecule has 2 heterocycles. The predicted octanol–water partition coefficient (Wildman–Crippen LogP) is 5.37. The molecule has 0 aliphatic carbocycles. The number of nitrogens with zero attached hydrogens (tertiary/aromatic N) is 2. The third-order valence-electron chi connectivity index (χ3n) is 6.45. The van der Waals surface area contributed by atoms with Gasteiger partial charge in [-0.15, -0.1) is 11.8 Å². The number of carbonyl (C=O) groups excluding carboxylic acids is 2. The monoisotopic (exact) mass is 472 g/mol. The Labute approximate surface area is 204 Å². The molecule has 34 heavy (non-hydrogen) atoms. The summed E-state index contributed by atoms with van der Waals surface area (Å²) in [4.78, 5) is 30.8. The lowest BCUT2D eigenvalue weighted by Gasteiger charge is -2.33. The van der Waals surface area contributed by atoms with E-state index < -0.39 is 4.87 Å². The zero-order valence-electron chi connectivity index (χ0n) is 19.9. The van der Waals surface area contributed by atoms with Crippen LogP contribution in [-0.4, -0.2) is 35.1 Å². The van der Waals surface area contributed by atoms with Crippen molar-refractivity contribution in [3.05, 3.63) is 95.1 Å². The Hall–Kier alpha value is -3.25. The van der Waals surface area contributed by atoms with E-state index in [0.717, 1.165) is 22.4 Å². The quantitative estimate of drug-likeness (QED) is 0.512. The van der Waals surface area contributed by atoms with E-state index in [1.807, 2.05) is 54.3 Å². The van der Waals surface area contributed by atoms with Crippen molar-refractivity contribution in [3.8, 4) is 5.75 Å². The van der Waals surface area contributed by atoms with Crippen molar-refractivity contribution in [2.45, 2.75) is 36.9 Å². The number of anilines is 1. The van der Waals surface area contributed by atoms with Gasteiger partial charge in [0.1, 0.15) is 5.75 Å². The van der Waals surface area contributed by atoms with Crippen LogP contribution in [0, 0.1) is 6.92 Å². The third-order valence-corrected chi connectivity index (χ3v) is 8.04. The van der Waals surface area contributed by atoms with Gasteiger partial charge in [-0.1, -0.05) is 48.0 Å². The molecule has 1 atom stereocenters. The highest BCUT2D eigenvalue weighted by molar-refractivity contribution is 8.02. The number of amides is 2. The van der Waals surface area contributed by atoms with E-state index in [9.17, 15) is 9.59 Å². The lowest BCUT2D eigenvalue weighted by atomic mass is 10.0. The summed E-state index contributed by atoms with van der Waals surface area (Å²) in [5.74, 6) is 0.479. The van der Waals surface area contributed by atoms with Gasteiger partial charge in [-0.25, -0.2) is 0 Å². The second-order valence-electron chi connectivity index (χ2n) is 9.52. The summed E-state index contributed by atoms with van der Waals surface area (Å²) in [6.45, 7) is 7.16. The summed E-state index contributed by atoms with van der Waals surface area (Å²) in [6.07, 6.45) is 0. The van der Waals surface area contributed by atoms with Gasteiger partial charge in [0.05, 0.1) is 19.3 Å². The second kappa shape index (κ2) is 8.20. The van der Waals surface area contributed by atoms with Crippen LogP contribution < -0.4 is 9.64 Å². The first-order chi connectivity index (χ1) is 16.2. The first kappa shape index (κ1) is 22.5. The lowest BCUT2D eigenvalue weighted by molar-refractivity contribution is -0.123. The largest absolute Gasteiger partial charge is 0.497 e. The van der Waals surface area contributed by atoms with E-state index >= 15 is 0 Å². The Morgan fingerprint density at radius 3 is 2.41 bits per heavy atom. The van der Waals surface area contributed by atoms with Gasteiger partial charge in [0, 0.05) is 22.4 Å². The van der Waals surface area contributed by atoms with Crippen LogP contribution in [0.3, 0.4) is 0 Å². The maximum absolute atomic E-state index is 14.3. The van der Waals surface area contributed by atoms with E-state index in [0.29, 0.717) is 24.4 Å². The molecular weight excluding hydrogens is 444 g/mol. The first-order valence-electron chi connectivity index (χ1n) is 11.4. The molecule has 174 valence electrons. The van der Waals surface area contributed by atoms with Crippen LogP contribution in [0.1, 0.15) is 40.9 Å². The molecule has 1 spiro atoms. The molecule has 3 aromatic rings. The molecule has 0 saturated carbocycles. The highest BCUT2D eigenvalue weighted by Gasteiger charge is 2.63. The molecule has 0 radical (unpaired) electrons. The smallest absolute Gasteiger partial charge is 0.268 e. The molecular formula is C28H28N2O3S. The summed E-state index contributed by atoms with van der Waals surface area (Å²) in [5, 5.41) is 0. The molecule has 0 bridgehead atoms. The zero-order chi connectivity index (χ0) is 24.1. The fourth-order valence-electron chi connectivity index (χ4n) is 4.93. The molecule has 2 aliphatic rings. The number of hydrogen-bond acceptors (Lipinski definition) is 4. The second-order valence-corrected chi connectivity index (χ2v) is 11.4. The van der Waals surface area contributed by atoms with Crippen molar-refractivity contribution in [2.75, 3.05) is 18.6 Å². The molecule has 0 aromatic heterocycles. The number of carbonyl (C=O) groups is 2. The summed E-state index contributed by atoms with van der Waals surface area (Å²) in [5.41, 5.74) is 4.43. The standard InChI is InChI=1S/C28H28N2O3S/c1-19-10-15-24-23(16-19)28(26(32)29(24)17-20-8-6-5-7-9-20)30(18-27(2,3)34-28)25(31)21-11-13-22(33-4)14-12-21/h5-16H,17-18H2,1-4H3/t28-/m1/s1. The average molecular weight is 473 g/mol. The number of rotatable bonds is 4. The maximum atomic E-state index is 14.3. The minimum absolute atomic E-state index is 0.0608. The Morgan fingerprint density at radius 2 is 1.74 bits per heavy atom. The maximum Gasteiger partial charge on any atom is 0.268 e. The van der Waals surface area contributed by atoms with Crippen molar-refractivity contribution in [1.29, 1.82) is 0 Å². The summed E-state index contributed by atoms with van der Waals surface area (Å²) in [7, 11) is 1.60. The first-order valence-corrected chi connectivity index (χ1v) is 12.2. The topological polar surface area (TPSA) is 49.9 Å². The number of methoxy groups -OCH3 is 1. The molecule has 5 nitrogen and oxygen atoms in total. The van der Waals surface area contributed by atoms with Crippen LogP contribution >= 0.6 is 11.8 Å². The third kappa shape index (κ3) is 3.57. The van der Waals surface area contributed by atoms with Crippen LogP contribution in [0.25, 0.3) is 0 Å². The molecule has 0 N–H and O–H groups in total. The molecule has 1 fully saturated rings. The number of fused-ring (bicyclic) bond motifs is 2. The Bertz CT molecular complexity index is 1260. The van der Waals surface area contributed by atoms with E-state index in [-0.39, 0.29) is 16.6 Å². The Morgan fingerprint density at radius 1 is 1.03 bits per heavy atom. The summed E-state index contributed by atoms with van der Waals surface area (Å²) < 4.78 is 4.97. The van der Waals surface area contributed by atoms with Crippen LogP contribution in [-0.2, 0) is 16.2 Å². The Balaban J connectivity index is 1.63. The van der Waals surface area contributed by atoms with Crippen LogP contribution in [0.5, 0.6) is 5.75 Å². The van der Waals surface area contributed by atoms with Gasteiger partial charge in [0.25, 0.3) is 11.8 Å². The van der Waals surface area contributed by atoms with Gasteiger partial charge in [0.2, 0.25) is 0 Å². The van der Waals surface area contributed by atoms with Gasteiger partial charge < -0.3 is 14.5 Å². The molecule has 5 rings (SSSR count). The SMILES string of the molecule is COc1ccc(C(=O)N2CC(C)(C)S[C@]23C(=O)N(Cc2ccccc2)c2ccc(C)cc23)cc1. The highest BCUT2D eigenvalue weighted by Crippen LogP contribution is 2.60. The Kier molecular flexibility index (Phi) is 5.44. The lowest BCUT2D eigenvalue weighted by Crippen LogP contribution is -2.50. The van der Waals surface area contributed by atoms with Gasteiger partial charge in [-0.05, 0) is 56.7 Å². The van der Waals surface area contributed by atoms with E-state index in [1.165, 1.54) is 0 Å². The predicted molar refractivity (Wildman–Crippen MR) is 136 cm³/mol. The fraction of sp³-hybridized carbons (Fsp3) is 0.286. The zero-order valence-corrected chi connectivity index (χ0v) is 20.7. The van der Waals surface area contributed by atoms with Crippen molar-refractivity contribution >= 4 is 29.3 Å². The molecule has 3 aromatic carbocycles. The van der Waals surface area contributed by atoms with Crippen LogP contribution in [0.2, 0.25) is 0 Å². The summed E-state index contributed by atoms with van der Waals surface area (Å²) >= 11 is 1.58. The van der Waals surface area contributed by atoms with Crippen molar-refractivity contribution in [2.24, 2.45) is 0 Å². The van der Waals surface area contributed by atoms with Gasteiger partial charge in [0.15, 0.2) is 4.87 Å². The van der Waals surface area contributed by atoms with Crippen molar-refractivity contribution in [3.63, 3.8) is 0 Å². The average Bonchev–Trinajstić information content (AvgIpc) is 3.25. The van der Waals surface area contributed by atoms with Gasteiger partial charge >= 0.3 is 0 Å². The molecule has 2 aliphatic heterocycles. The number of ether oxygens (including phenoxy) is 1. The van der Waals surface area contributed by atoms with Gasteiger partial charge in [-0.2, -0.15) is 0 Å². The molecule has 6 heteroatoms. The number of thioether (sulfide) groups is 1. The minimum atomic E-state index is -1.10. The van der Waals surface area contributed by atoms with E-state index in [2.05, 4.69) is 19.9 Å². The fourth-order valence-corrected chi connectivity index (χ4v) is 6.65. The summed E-state index contributed by atoms with van der Waals surface area (Å²) in [6, 6.07) is 23.2. The normalized spacial score (nSPS) is 20.6. The van der Waals surface area contributed by atoms with Gasteiger partial charge in [-0.3, -0.25) is 9.59 Å². The number of aryl methyl sites for hydroxylation is 1. The van der Waals surface area contributed by atoms with E-state index in [4.69, 9.17) is 4.74 Å².